The Balaban J connectivity index is 3.16. The maximum Gasteiger partial charge on any atom is 0.244 e. The van der Waals surface area contributed by atoms with E-state index >= 15 is 0 Å². The van der Waals surface area contributed by atoms with Crippen molar-refractivity contribution >= 4 is 10.0 Å². The minimum absolute atomic E-state index is 0.00699. The van der Waals surface area contributed by atoms with Crippen molar-refractivity contribution in [3.8, 4) is 0 Å². The summed E-state index contributed by atoms with van der Waals surface area (Å²) in [5.41, 5.74) is 0.624. The van der Waals surface area contributed by atoms with Crippen LogP contribution in [0, 0.1) is 0 Å². The van der Waals surface area contributed by atoms with Gasteiger partial charge in [0.15, 0.2) is 0 Å². The molecule has 6 heteroatoms. The first-order valence-electron chi connectivity index (χ1n) is 6.70. The van der Waals surface area contributed by atoms with Crippen molar-refractivity contribution in [2.45, 2.75) is 57.7 Å². The van der Waals surface area contributed by atoms with Crippen molar-refractivity contribution < 1.29 is 13.5 Å². The molecule has 1 aromatic heterocycles. The summed E-state index contributed by atoms with van der Waals surface area (Å²) in [7, 11) is -1.86. The van der Waals surface area contributed by atoms with Crippen LogP contribution in [0.25, 0.3) is 0 Å². The van der Waals surface area contributed by atoms with Crippen LogP contribution >= 0.6 is 0 Å². The predicted octanol–water partition coefficient (Wildman–Crippen LogP) is 1.81. The van der Waals surface area contributed by atoms with Gasteiger partial charge in [-0.05, 0) is 25.8 Å². The monoisotopic (exact) mass is 288 g/mol. The number of aliphatic hydroxyl groups excluding tert-OH is 1. The summed E-state index contributed by atoms with van der Waals surface area (Å²) in [4.78, 5) is 0.257. The van der Waals surface area contributed by atoms with Gasteiger partial charge in [-0.15, -0.1) is 0 Å². The number of nitrogens with zero attached hydrogens (tertiary/aromatic N) is 2. The number of sulfonamides is 1. The number of aryl methyl sites for hydroxylation is 1. The summed E-state index contributed by atoms with van der Waals surface area (Å²) in [5, 5.41) is 9.24. The van der Waals surface area contributed by atoms with Crippen molar-refractivity contribution in [3.05, 3.63) is 18.0 Å². The molecule has 1 N–H and O–H groups in total. The Bertz CT molecular complexity index is 482. The first kappa shape index (κ1) is 16.2. The Morgan fingerprint density at radius 2 is 1.89 bits per heavy atom. The lowest BCUT2D eigenvalue weighted by Crippen LogP contribution is -2.36. The normalized spacial score (nSPS) is 12.6. The van der Waals surface area contributed by atoms with Gasteiger partial charge in [-0.2, -0.15) is 4.31 Å². The molecule has 0 saturated carbocycles. The summed E-state index contributed by atoms with van der Waals surface area (Å²) >= 11 is 0. The van der Waals surface area contributed by atoms with Crippen LogP contribution in [0.1, 0.15) is 39.3 Å². The van der Waals surface area contributed by atoms with E-state index in [-0.39, 0.29) is 17.5 Å². The van der Waals surface area contributed by atoms with Crippen LogP contribution in [0.2, 0.25) is 0 Å². The molecule has 0 aliphatic heterocycles. The van der Waals surface area contributed by atoms with Crippen LogP contribution in [0.4, 0.5) is 0 Å². The number of aliphatic hydroxyl groups is 1. The van der Waals surface area contributed by atoms with Gasteiger partial charge < -0.3 is 9.67 Å². The van der Waals surface area contributed by atoms with Gasteiger partial charge in [0.1, 0.15) is 4.90 Å². The molecule has 19 heavy (non-hydrogen) atoms. The van der Waals surface area contributed by atoms with E-state index in [9.17, 15) is 13.5 Å². The van der Waals surface area contributed by atoms with E-state index in [0.29, 0.717) is 12.2 Å². The highest BCUT2D eigenvalue weighted by molar-refractivity contribution is 7.89. The number of hydrogen-bond donors (Lipinski definition) is 1. The minimum Gasteiger partial charge on any atom is -0.390 e. The summed E-state index contributed by atoms with van der Waals surface area (Å²) in [6.45, 7) is 6.37. The first-order valence-corrected chi connectivity index (χ1v) is 8.14. The summed E-state index contributed by atoms with van der Waals surface area (Å²) in [5.74, 6) is 0. The Labute approximate surface area is 115 Å². The third-order valence-corrected chi connectivity index (χ3v) is 5.47. The Hall–Kier alpha value is -0.850. The van der Waals surface area contributed by atoms with E-state index < -0.39 is 10.0 Å². The SMILES string of the molecule is CCC(CC)N(C)S(=O)(=O)c1cc(CO)n(CC)c1. The van der Waals surface area contributed by atoms with Crippen molar-refractivity contribution in [2.24, 2.45) is 0 Å². The molecule has 0 fully saturated rings. The van der Waals surface area contributed by atoms with Crippen LogP contribution in [-0.4, -0.2) is 35.5 Å². The zero-order valence-electron chi connectivity index (χ0n) is 12.1. The maximum absolute atomic E-state index is 12.5. The third-order valence-electron chi connectivity index (χ3n) is 3.60. The van der Waals surface area contributed by atoms with Crippen LogP contribution in [-0.2, 0) is 23.2 Å². The maximum atomic E-state index is 12.5. The molecule has 5 nitrogen and oxygen atoms in total. The van der Waals surface area contributed by atoms with Gasteiger partial charge >= 0.3 is 0 Å². The fourth-order valence-corrected chi connectivity index (χ4v) is 3.83. The zero-order chi connectivity index (χ0) is 14.6. The zero-order valence-corrected chi connectivity index (χ0v) is 12.9. The molecule has 0 aromatic carbocycles. The topological polar surface area (TPSA) is 62.5 Å². The van der Waals surface area contributed by atoms with Crippen LogP contribution in [0.15, 0.2) is 17.2 Å². The van der Waals surface area contributed by atoms with Gasteiger partial charge in [-0.1, -0.05) is 13.8 Å². The molecule has 1 rings (SSSR count). The molecule has 0 spiro atoms. The Morgan fingerprint density at radius 1 is 1.32 bits per heavy atom. The summed E-state index contributed by atoms with van der Waals surface area (Å²) in [6.07, 6.45) is 3.17. The van der Waals surface area contributed by atoms with E-state index in [0.717, 1.165) is 12.8 Å². The highest BCUT2D eigenvalue weighted by atomic mass is 32.2. The lowest BCUT2D eigenvalue weighted by Gasteiger charge is -2.24. The van der Waals surface area contributed by atoms with E-state index in [1.165, 1.54) is 4.31 Å². The van der Waals surface area contributed by atoms with Crippen LogP contribution in [0.3, 0.4) is 0 Å². The Morgan fingerprint density at radius 3 is 2.26 bits per heavy atom. The Kier molecular flexibility index (Phi) is 5.58. The summed E-state index contributed by atoms with van der Waals surface area (Å²) < 4.78 is 28.2. The van der Waals surface area contributed by atoms with Crippen LogP contribution in [0.5, 0.6) is 0 Å². The minimum atomic E-state index is -3.48. The molecule has 0 aliphatic rings. The van der Waals surface area contributed by atoms with E-state index in [2.05, 4.69) is 0 Å². The second kappa shape index (κ2) is 6.54. The van der Waals surface area contributed by atoms with Crippen molar-refractivity contribution in [1.29, 1.82) is 0 Å². The average Bonchev–Trinajstić information content (AvgIpc) is 2.83. The van der Waals surface area contributed by atoms with Gasteiger partial charge in [-0.25, -0.2) is 8.42 Å². The second-order valence-electron chi connectivity index (χ2n) is 4.60. The van der Waals surface area contributed by atoms with Gasteiger partial charge in [0.25, 0.3) is 0 Å². The average molecular weight is 288 g/mol. The number of aromatic nitrogens is 1. The molecule has 0 atom stereocenters. The highest BCUT2D eigenvalue weighted by Crippen LogP contribution is 2.22. The molecular weight excluding hydrogens is 264 g/mol. The molecule has 0 unspecified atom stereocenters. The van der Waals surface area contributed by atoms with Crippen LogP contribution < -0.4 is 0 Å². The molecule has 0 bridgehead atoms. The summed E-state index contributed by atoms with van der Waals surface area (Å²) in [6, 6.07) is 1.56. The molecule has 0 saturated heterocycles. The lowest BCUT2D eigenvalue weighted by atomic mass is 10.2. The van der Waals surface area contributed by atoms with Gasteiger partial charge in [-0.3, -0.25) is 0 Å². The first-order chi connectivity index (χ1) is 8.92. The third kappa shape index (κ3) is 3.19. The molecule has 0 aliphatic carbocycles. The quantitative estimate of drug-likeness (QED) is 0.832. The van der Waals surface area contributed by atoms with E-state index in [1.807, 2.05) is 20.8 Å². The smallest absolute Gasteiger partial charge is 0.244 e. The van der Waals surface area contributed by atoms with Gasteiger partial charge in [0, 0.05) is 31.5 Å². The van der Waals surface area contributed by atoms with E-state index in [4.69, 9.17) is 0 Å². The van der Waals surface area contributed by atoms with E-state index in [1.54, 1.807) is 23.9 Å². The largest absolute Gasteiger partial charge is 0.390 e. The number of hydrogen-bond acceptors (Lipinski definition) is 3. The van der Waals surface area contributed by atoms with Gasteiger partial charge in [0.05, 0.1) is 6.61 Å². The fraction of sp³-hybridized carbons (Fsp3) is 0.692. The highest BCUT2D eigenvalue weighted by Gasteiger charge is 2.27. The second-order valence-corrected chi connectivity index (χ2v) is 6.60. The lowest BCUT2D eigenvalue weighted by molar-refractivity contribution is 0.271. The standard InChI is InChI=1S/C13H24N2O3S/c1-5-11(6-2)14(4)19(17,18)13-8-12(10-16)15(7-3)9-13/h8-9,11,16H,5-7,10H2,1-4H3. The number of rotatable bonds is 7. The predicted molar refractivity (Wildman–Crippen MR) is 75.3 cm³/mol. The molecule has 1 heterocycles. The molecular formula is C13H24N2O3S. The fourth-order valence-electron chi connectivity index (χ4n) is 2.26. The molecule has 0 amide bonds. The molecule has 110 valence electrons. The van der Waals surface area contributed by atoms with Crippen molar-refractivity contribution in [3.63, 3.8) is 0 Å². The molecule has 1 aromatic rings. The van der Waals surface area contributed by atoms with Crippen molar-refractivity contribution in [1.82, 2.24) is 8.87 Å². The molecule has 0 radical (unpaired) electrons. The van der Waals surface area contributed by atoms with Gasteiger partial charge in [0.2, 0.25) is 10.0 Å². The van der Waals surface area contributed by atoms with Crippen molar-refractivity contribution in [2.75, 3.05) is 7.05 Å².